The summed E-state index contributed by atoms with van der Waals surface area (Å²) in [5.41, 5.74) is 7.34. The number of aldehydes is 1. The quantitative estimate of drug-likeness (QED) is 0.590. The molecule has 0 saturated carbocycles. The molecule has 0 aromatic carbocycles. The van der Waals surface area contributed by atoms with E-state index in [2.05, 4.69) is 10.1 Å². The minimum Gasteiger partial charge on any atom is -0.382 e. The fraction of sp³-hybridized carbons (Fsp3) is 0.125. The second-order valence-corrected chi connectivity index (χ2v) is 3.02. The molecule has 0 amide bonds. The Kier molecular flexibility index (Phi) is 2.09. The maximum absolute atomic E-state index is 10.8. The van der Waals surface area contributed by atoms with Gasteiger partial charge in [0.2, 0.25) is 0 Å². The van der Waals surface area contributed by atoms with E-state index in [9.17, 15) is 4.79 Å². The average molecular weight is 211 g/mol. The summed E-state index contributed by atoms with van der Waals surface area (Å²) in [6.45, 7) is 0. The monoisotopic (exact) mass is 210 g/mol. The smallest absolute Gasteiger partial charge is 0.168 e. The number of nitrogen functional groups attached to an aromatic ring is 1. The number of hydrogen-bond acceptors (Lipinski definition) is 4. The van der Waals surface area contributed by atoms with Gasteiger partial charge in [0.05, 0.1) is 0 Å². The van der Waals surface area contributed by atoms with Crippen LogP contribution in [0.25, 0.3) is 5.52 Å². The lowest BCUT2D eigenvalue weighted by molar-refractivity contribution is 0.111. The van der Waals surface area contributed by atoms with E-state index < -0.39 is 0 Å². The van der Waals surface area contributed by atoms with Crippen molar-refractivity contribution in [3.63, 3.8) is 0 Å². The van der Waals surface area contributed by atoms with Crippen LogP contribution in [0.2, 0.25) is 0 Å². The third-order valence-corrected chi connectivity index (χ3v) is 2.27. The molecule has 6 heteroatoms. The molecule has 5 nitrogen and oxygen atoms in total. The van der Waals surface area contributed by atoms with E-state index in [0.717, 1.165) is 0 Å². The molecule has 0 fully saturated rings. The number of halogens is 1. The highest BCUT2D eigenvalue weighted by Crippen LogP contribution is 2.18. The fourth-order valence-corrected chi connectivity index (χ4v) is 1.53. The first-order valence-electron chi connectivity index (χ1n) is 3.90. The van der Waals surface area contributed by atoms with E-state index in [1.807, 2.05) is 0 Å². The summed E-state index contributed by atoms with van der Waals surface area (Å²) in [6, 6.07) is 1.71. The topological polar surface area (TPSA) is 73.3 Å². The zero-order valence-corrected chi connectivity index (χ0v) is 7.90. The molecule has 0 aliphatic heterocycles. The van der Waals surface area contributed by atoms with E-state index in [4.69, 9.17) is 17.3 Å². The molecule has 72 valence electrons. The van der Waals surface area contributed by atoms with Crippen LogP contribution in [-0.2, 0) is 5.88 Å². The zero-order chi connectivity index (χ0) is 10.1. The molecule has 2 aromatic rings. The Hall–Kier alpha value is -1.62. The molecular formula is C8H7ClN4O. The van der Waals surface area contributed by atoms with Crippen LogP contribution in [0.1, 0.15) is 16.1 Å². The van der Waals surface area contributed by atoms with Crippen molar-refractivity contribution >= 4 is 29.2 Å². The Bertz CT molecular complexity index is 493. The average Bonchev–Trinajstić information content (AvgIpc) is 2.57. The Balaban J connectivity index is 2.86. The third kappa shape index (κ3) is 1.13. The molecule has 0 radical (unpaired) electrons. The minimum atomic E-state index is 0.247. The van der Waals surface area contributed by atoms with Gasteiger partial charge in [0, 0.05) is 5.88 Å². The van der Waals surface area contributed by atoms with E-state index >= 15 is 0 Å². The van der Waals surface area contributed by atoms with Crippen LogP contribution < -0.4 is 5.73 Å². The molecule has 2 N–H and O–H groups in total. The molecule has 2 aromatic heterocycles. The number of nitrogens with two attached hydrogens (primary N) is 1. The number of fused-ring (bicyclic) bond motifs is 1. The summed E-state index contributed by atoms with van der Waals surface area (Å²) < 4.78 is 1.44. The lowest BCUT2D eigenvalue weighted by Crippen LogP contribution is -2.01. The summed E-state index contributed by atoms with van der Waals surface area (Å²) in [4.78, 5) is 14.6. The molecule has 0 aliphatic carbocycles. The molecule has 2 heterocycles. The Morgan fingerprint density at radius 3 is 3.07 bits per heavy atom. The van der Waals surface area contributed by atoms with Crippen LogP contribution in [0.5, 0.6) is 0 Å². The summed E-state index contributed by atoms with van der Waals surface area (Å²) >= 11 is 5.67. The number of aromatic nitrogens is 3. The molecule has 0 bridgehead atoms. The Labute approximate surface area is 84.5 Å². The first-order valence-corrected chi connectivity index (χ1v) is 4.43. The maximum atomic E-state index is 10.8. The fourth-order valence-electron chi connectivity index (χ4n) is 1.31. The summed E-state index contributed by atoms with van der Waals surface area (Å²) in [6.07, 6.45) is 2.00. The van der Waals surface area contributed by atoms with E-state index in [0.29, 0.717) is 28.9 Å². The molecule has 0 unspecified atom stereocenters. The second kappa shape index (κ2) is 3.26. The van der Waals surface area contributed by atoms with Gasteiger partial charge in [0.1, 0.15) is 17.5 Å². The molecule has 14 heavy (non-hydrogen) atoms. The second-order valence-electron chi connectivity index (χ2n) is 2.75. The predicted octanol–water partition coefficient (Wildman–Crippen LogP) is 0.863. The number of nitrogens with zero attached hydrogens (tertiary/aromatic N) is 3. The Morgan fingerprint density at radius 1 is 1.64 bits per heavy atom. The lowest BCUT2D eigenvalue weighted by Gasteiger charge is -1.96. The van der Waals surface area contributed by atoms with Gasteiger partial charge in [-0.3, -0.25) is 4.79 Å². The van der Waals surface area contributed by atoms with Crippen LogP contribution in [0.15, 0.2) is 12.4 Å². The number of carbonyl (C=O) groups is 1. The number of carbonyl (C=O) groups excluding carboxylic acids is 1. The van der Waals surface area contributed by atoms with Gasteiger partial charge < -0.3 is 5.73 Å². The molecule has 0 spiro atoms. The van der Waals surface area contributed by atoms with Gasteiger partial charge in [-0.2, -0.15) is 5.10 Å². The van der Waals surface area contributed by atoms with Crippen molar-refractivity contribution < 1.29 is 4.79 Å². The summed E-state index contributed by atoms with van der Waals surface area (Å²) in [5.74, 6) is 0.580. The number of alkyl halides is 1. The largest absolute Gasteiger partial charge is 0.382 e. The van der Waals surface area contributed by atoms with Crippen LogP contribution in [0.4, 0.5) is 5.82 Å². The molecule has 0 saturated heterocycles. The minimum absolute atomic E-state index is 0.247. The highest BCUT2D eigenvalue weighted by atomic mass is 35.5. The molecular weight excluding hydrogens is 204 g/mol. The van der Waals surface area contributed by atoms with Crippen molar-refractivity contribution in [2.75, 3.05) is 5.73 Å². The van der Waals surface area contributed by atoms with E-state index in [1.54, 1.807) is 6.07 Å². The first-order chi connectivity index (χ1) is 6.77. The zero-order valence-electron chi connectivity index (χ0n) is 7.14. The van der Waals surface area contributed by atoms with Crippen molar-refractivity contribution in [2.45, 2.75) is 5.88 Å². The summed E-state index contributed by atoms with van der Waals surface area (Å²) in [5, 5.41) is 3.92. The van der Waals surface area contributed by atoms with E-state index in [1.165, 1.54) is 10.8 Å². The number of anilines is 1. The van der Waals surface area contributed by atoms with E-state index in [-0.39, 0.29) is 5.88 Å². The van der Waals surface area contributed by atoms with Gasteiger partial charge in [-0.15, -0.1) is 11.6 Å². The molecule has 0 aliphatic rings. The van der Waals surface area contributed by atoms with Crippen LogP contribution in [0, 0.1) is 0 Å². The van der Waals surface area contributed by atoms with Gasteiger partial charge in [-0.1, -0.05) is 0 Å². The van der Waals surface area contributed by atoms with Gasteiger partial charge in [0.25, 0.3) is 0 Å². The summed E-state index contributed by atoms with van der Waals surface area (Å²) in [7, 11) is 0. The Morgan fingerprint density at radius 2 is 2.43 bits per heavy atom. The van der Waals surface area contributed by atoms with Gasteiger partial charge in [-0.25, -0.2) is 9.50 Å². The predicted molar refractivity (Wildman–Crippen MR) is 52.3 cm³/mol. The highest BCUT2D eigenvalue weighted by Gasteiger charge is 2.11. The first kappa shape index (κ1) is 8.96. The van der Waals surface area contributed by atoms with Gasteiger partial charge in [0.15, 0.2) is 12.1 Å². The standard InChI is InChI=1S/C8H7ClN4O/c9-2-5-1-6-8(10)11-4-12-13(6)7(5)3-14/h1,3-4H,2H2,(H2,10,11,12). The van der Waals surface area contributed by atoms with Crippen LogP contribution in [0.3, 0.4) is 0 Å². The van der Waals surface area contributed by atoms with Crippen LogP contribution >= 0.6 is 11.6 Å². The SMILES string of the molecule is Nc1ncnn2c(C=O)c(CCl)cc12. The number of hydrogen-bond donors (Lipinski definition) is 1. The molecule has 0 atom stereocenters. The van der Waals surface area contributed by atoms with Crippen molar-refractivity contribution in [2.24, 2.45) is 0 Å². The van der Waals surface area contributed by atoms with Crippen molar-refractivity contribution in [3.8, 4) is 0 Å². The van der Waals surface area contributed by atoms with Crippen molar-refractivity contribution in [1.82, 2.24) is 14.6 Å². The van der Waals surface area contributed by atoms with Crippen LogP contribution in [-0.4, -0.2) is 20.9 Å². The highest BCUT2D eigenvalue weighted by molar-refractivity contribution is 6.17. The lowest BCUT2D eigenvalue weighted by atomic mass is 10.3. The van der Waals surface area contributed by atoms with Gasteiger partial charge >= 0.3 is 0 Å². The van der Waals surface area contributed by atoms with Crippen molar-refractivity contribution in [1.29, 1.82) is 0 Å². The molecule has 2 rings (SSSR count). The third-order valence-electron chi connectivity index (χ3n) is 1.98. The van der Waals surface area contributed by atoms with Crippen molar-refractivity contribution in [3.05, 3.63) is 23.7 Å². The maximum Gasteiger partial charge on any atom is 0.168 e. The van der Waals surface area contributed by atoms with Gasteiger partial charge in [-0.05, 0) is 11.6 Å². The normalized spacial score (nSPS) is 10.6. The number of rotatable bonds is 2.